The minimum Gasteiger partial charge on any atom is -0.306 e. The van der Waals surface area contributed by atoms with Gasteiger partial charge in [0.05, 0.1) is 10.9 Å². The second-order valence-corrected chi connectivity index (χ2v) is 5.00. The first-order valence-corrected chi connectivity index (χ1v) is 7.22. The van der Waals surface area contributed by atoms with Gasteiger partial charge in [-0.2, -0.15) is 0 Å². The van der Waals surface area contributed by atoms with Crippen LogP contribution in [0.1, 0.15) is 51.4 Å². The number of hydrogen-bond acceptors (Lipinski definition) is 2. The van der Waals surface area contributed by atoms with E-state index < -0.39 is 0 Å². The van der Waals surface area contributed by atoms with Crippen molar-refractivity contribution in [2.75, 3.05) is 0 Å². The Morgan fingerprint density at radius 1 is 1.30 bits per heavy atom. The second kappa shape index (κ2) is 7.63. The first kappa shape index (κ1) is 16.2. The van der Waals surface area contributed by atoms with E-state index in [9.17, 15) is 4.79 Å². The monoisotopic (exact) mass is 272 g/mol. The summed E-state index contributed by atoms with van der Waals surface area (Å²) in [5.74, 6) is 0.605. The molecule has 1 aromatic heterocycles. The van der Waals surface area contributed by atoms with E-state index in [4.69, 9.17) is 0 Å². The van der Waals surface area contributed by atoms with Crippen molar-refractivity contribution in [1.29, 1.82) is 0 Å². The number of aromatic amines is 1. The molecule has 1 heterocycles. The van der Waals surface area contributed by atoms with Crippen molar-refractivity contribution in [2.45, 2.75) is 47.0 Å². The maximum atomic E-state index is 11.9. The van der Waals surface area contributed by atoms with Crippen LogP contribution in [-0.4, -0.2) is 9.97 Å². The topological polar surface area (TPSA) is 45.8 Å². The SMILES string of the molecule is C=C(CCC)c1nc2ccc(C)cc2c(=O)[nH]1.CCC. The third kappa shape index (κ3) is 4.05. The number of benzene rings is 1. The van der Waals surface area contributed by atoms with E-state index in [0.717, 1.165) is 29.5 Å². The molecule has 0 radical (unpaired) electrons. The summed E-state index contributed by atoms with van der Waals surface area (Å²) in [7, 11) is 0. The van der Waals surface area contributed by atoms with E-state index >= 15 is 0 Å². The fourth-order valence-electron chi connectivity index (χ4n) is 1.84. The average molecular weight is 272 g/mol. The van der Waals surface area contributed by atoms with E-state index in [-0.39, 0.29) is 5.56 Å². The molecule has 20 heavy (non-hydrogen) atoms. The fraction of sp³-hybridized carbons (Fsp3) is 0.412. The first-order chi connectivity index (χ1) is 9.53. The van der Waals surface area contributed by atoms with Gasteiger partial charge >= 0.3 is 0 Å². The van der Waals surface area contributed by atoms with E-state index in [1.807, 2.05) is 25.1 Å². The summed E-state index contributed by atoms with van der Waals surface area (Å²) in [5.41, 5.74) is 2.58. The van der Waals surface area contributed by atoms with Crippen LogP contribution in [0.15, 0.2) is 29.6 Å². The van der Waals surface area contributed by atoms with Crippen molar-refractivity contribution in [1.82, 2.24) is 9.97 Å². The van der Waals surface area contributed by atoms with Gasteiger partial charge in [-0.25, -0.2) is 4.98 Å². The highest BCUT2D eigenvalue weighted by atomic mass is 16.1. The van der Waals surface area contributed by atoms with Gasteiger partial charge in [-0.15, -0.1) is 0 Å². The van der Waals surface area contributed by atoms with Gasteiger partial charge in [-0.1, -0.05) is 51.8 Å². The maximum absolute atomic E-state index is 11.9. The highest BCUT2D eigenvalue weighted by Gasteiger charge is 2.06. The lowest BCUT2D eigenvalue weighted by molar-refractivity contribution is 0.952. The van der Waals surface area contributed by atoms with Crippen molar-refractivity contribution in [3.8, 4) is 0 Å². The molecule has 0 spiro atoms. The third-order valence-corrected chi connectivity index (χ3v) is 2.75. The largest absolute Gasteiger partial charge is 0.306 e. The first-order valence-electron chi connectivity index (χ1n) is 7.22. The Hall–Kier alpha value is -1.90. The minimum atomic E-state index is -0.0917. The standard InChI is InChI=1S/C14H16N2O.C3H8/c1-4-5-10(3)13-15-12-7-6-9(2)8-11(12)14(17)16-13;1-3-2/h6-8H,3-5H2,1-2H3,(H,15,16,17);3H2,1-2H3. The van der Waals surface area contributed by atoms with Crippen LogP contribution < -0.4 is 5.56 Å². The molecule has 0 atom stereocenters. The van der Waals surface area contributed by atoms with Crippen molar-refractivity contribution in [3.05, 3.63) is 46.5 Å². The molecule has 3 nitrogen and oxygen atoms in total. The van der Waals surface area contributed by atoms with Crippen molar-refractivity contribution in [3.63, 3.8) is 0 Å². The molecule has 0 fully saturated rings. The van der Waals surface area contributed by atoms with Crippen LogP contribution in [0.2, 0.25) is 0 Å². The van der Waals surface area contributed by atoms with Gasteiger partial charge in [0.2, 0.25) is 0 Å². The summed E-state index contributed by atoms with van der Waals surface area (Å²) < 4.78 is 0. The van der Waals surface area contributed by atoms with E-state index in [2.05, 4.69) is 37.3 Å². The van der Waals surface area contributed by atoms with Gasteiger partial charge in [0, 0.05) is 0 Å². The van der Waals surface area contributed by atoms with Crippen LogP contribution >= 0.6 is 0 Å². The van der Waals surface area contributed by atoms with Crippen LogP contribution in [0.3, 0.4) is 0 Å². The number of fused-ring (bicyclic) bond motifs is 1. The van der Waals surface area contributed by atoms with E-state index in [0.29, 0.717) is 11.2 Å². The predicted octanol–water partition coefficient (Wildman–Crippen LogP) is 4.46. The Balaban J connectivity index is 0.000000612. The molecule has 0 saturated carbocycles. The Morgan fingerprint density at radius 2 is 1.95 bits per heavy atom. The van der Waals surface area contributed by atoms with Crippen molar-refractivity contribution < 1.29 is 0 Å². The van der Waals surface area contributed by atoms with E-state index in [1.165, 1.54) is 6.42 Å². The molecule has 0 amide bonds. The number of nitrogens with zero attached hydrogens (tertiary/aromatic N) is 1. The fourth-order valence-corrected chi connectivity index (χ4v) is 1.84. The zero-order valence-electron chi connectivity index (χ0n) is 12.9. The van der Waals surface area contributed by atoms with Crippen LogP contribution in [0.4, 0.5) is 0 Å². The summed E-state index contributed by atoms with van der Waals surface area (Å²) >= 11 is 0. The molecule has 1 N–H and O–H groups in total. The molecule has 0 aliphatic heterocycles. The zero-order valence-corrected chi connectivity index (χ0v) is 12.9. The van der Waals surface area contributed by atoms with Crippen LogP contribution in [0.5, 0.6) is 0 Å². The van der Waals surface area contributed by atoms with Gasteiger partial charge in [0.25, 0.3) is 5.56 Å². The second-order valence-electron chi connectivity index (χ2n) is 5.00. The molecule has 0 unspecified atom stereocenters. The third-order valence-electron chi connectivity index (χ3n) is 2.75. The lowest BCUT2D eigenvalue weighted by atomic mass is 10.1. The van der Waals surface area contributed by atoms with Gasteiger partial charge < -0.3 is 4.98 Å². The maximum Gasteiger partial charge on any atom is 0.259 e. The Morgan fingerprint density at radius 3 is 2.55 bits per heavy atom. The summed E-state index contributed by atoms with van der Waals surface area (Å²) in [5, 5.41) is 0.637. The summed E-state index contributed by atoms with van der Waals surface area (Å²) in [6.45, 7) is 12.2. The van der Waals surface area contributed by atoms with E-state index in [1.54, 1.807) is 0 Å². The molecule has 108 valence electrons. The number of rotatable bonds is 3. The molecule has 0 aliphatic rings. The van der Waals surface area contributed by atoms with Crippen LogP contribution in [0.25, 0.3) is 16.5 Å². The normalized spacial score (nSPS) is 10.0. The molecule has 0 saturated heterocycles. The molecule has 1 aromatic carbocycles. The van der Waals surface area contributed by atoms with Gasteiger partial charge in [0.1, 0.15) is 5.82 Å². The molecule has 0 bridgehead atoms. The number of H-pyrrole nitrogens is 1. The van der Waals surface area contributed by atoms with Gasteiger partial charge in [0.15, 0.2) is 0 Å². The van der Waals surface area contributed by atoms with Crippen molar-refractivity contribution >= 4 is 16.5 Å². The van der Waals surface area contributed by atoms with Crippen LogP contribution in [-0.2, 0) is 0 Å². The minimum absolute atomic E-state index is 0.0917. The van der Waals surface area contributed by atoms with Crippen LogP contribution in [0, 0.1) is 6.92 Å². The number of allylic oxidation sites excluding steroid dienone is 1. The molecule has 2 aromatic rings. The smallest absolute Gasteiger partial charge is 0.259 e. The molecular weight excluding hydrogens is 248 g/mol. The number of aromatic nitrogens is 2. The molecule has 3 heteroatoms. The van der Waals surface area contributed by atoms with Gasteiger partial charge in [-0.05, 0) is 31.1 Å². The summed E-state index contributed by atoms with van der Waals surface area (Å²) in [6, 6.07) is 5.69. The number of nitrogens with one attached hydrogen (secondary N) is 1. The lowest BCUT2D eigenvalue weighted by Gasteiger charge is -2.05. The number of aryl methyl sites for hydroxylation is 1. The summed E-state index contributed by atoms with van der Waals surface area (Å²) in [4.78, 5) is 19.2. The Labute approximate surface area is 120 Å². The predicted molar refractivity (Wildman–Crippen MR) is 87.0 cm³/mol. The number of hydrogen-bond donors (Lipinski definition) is 1. The lowest BCUT2D eigenvalue weighted by Crippen LogP contribution is -2.11. The Kier molecular flexibility index (Phi) is 6.16. The highest BCUT2D eigenvalue weighted by Crippen LogP contribution is 2.15. The highest BCUT2D eigenvalue weighted by molar-refractivity contribution is 5.79. The molecule has 0 aliphatic carbocycles. The van der Waals surface area contributed by atoms with Gasteiger partial charge in [-0.3, -0.25) is 4.79 Å². The quantitative estimate of drug-likeness (QED) is 0.896. The molecular formula is C17H24N2O. The molecule has 2 rings (SSSR count). The zero-order chi connectivity index (χ0) is 15.1. The summed E-state index contributed by atoms with van der Waals surface area (Å²) in [6.07, 6.45) is 3.09. The van der Waals surface area contributed by atoms with Crippen molar-refractivity contribution in [2.24, 2.45) is 0 Å². The Bertz CT molecular complexity index is 641. The average Bonchev–Trinajstić information content (AvgIpc) is 2.40.